The predicted octanol–water partition coefficient (Wildman–Crippen LogP) is 0.959. The zero-order valence-corrected chi connectivity index (χ0v) is 9.26. The summed E-state index contributed by atoms with van der Waals surface area (Å²) in [6.07, 6.45) is -1.29. The lowest BCUT2D eigenvalue weighted by molar-refractivity contribution is -0.126. The molecule has 0 aliphatic heterocycles. The van der Waals surface area contributed by atoms with Crippen LogP contribution in [-0.4, -0.2) is 16.0 Å². The number of aliphatic hydroxyl groups excluding tert-OH is 1. The van der Waals surface area contributed by atoms with Crippen molar-refractivity contribution in [3.8, 4) is 0 Å². The van der Waals surface area contributed by atoms with Crippen molar-refractivity contribution < 1.29 is 9.90 Å². The topological polar surface area (TPSA) is 76.2 Å². The number of amides is 1. The Bertz CT molecular complexity index is 341. The molecule has 5 heteroatoms. The number of carbonyl (C=O) groups excluding carboxylic acids is 1. The first-order valence-corrected chi connectivity index (χ1v) is 5.13. The maximum absolute atomic E-state index is 10.7. The van der Waals surface area contributed by atoms with E-state index >= 15 is 0 Å². The van der Waals surface area contributed by atoms with E-state index in [4.69, 9.17) is 5.73 Å². The summed E-state index contributed by atoms with van der Waals surface area (Å²) in [7, 11) is 0. The number of primary amides is 1. The van der Waals surface area contributed by atoms with E-state index in [1.807, 2.05) is 20.8 Å². The van der Waals surface area contributed by atoms with Gasteiger partial charge in [-0.25, -0.2) is 4.98 Å². The van der Waals surface area contributed by atoms with Crippen LogP contribution in [0.2, 0.25) is 0 Å². The van der Waals surface area contributed by atoms with Crippen LogP contribution in [0.5, 0.6) is 0 Å². The van der Waals surface area contributed by atoms with Gasteiger partial charge in [0, 0.05) is 10.8 Å². The van der Waals surface area contributed by atoms with Gasteiger partial charge in [0.25, 0.3) is 5.91 Å². The zero-order valence-electron chi connectivity index (χ0n) is 8.44. The van der Waals surface area contributed by atoms with E-state index < -0.39 is 12.0 Å². The van der Waals surface area contributed by atoms with Crippen LogP contribution >= 0.6 is 11.3 Å². The van der Waals surface area contributed by atoms with Gasteiger partial charge in [0.1, 0.15) is 0 Å². The van der Waals surface area contributed by atoms with Gasteiger partial charge in [-0.1, -0.05) is 20.8 Å². The monoisotopic (exact) mass is 214 g/mol. The molecule has 14 heavy (non-hydrogen) atoms. The number of rotatable bonds is 2. The Hall–Kier alpha value is -0.940. The number of nitrogens with zero attached hydrogens (tertiary/aromatic N) is 1. The molecule has 0 fully saturated rings. The minimum atomic E-state index is -1.29. The van der Waals surface area contributed by atoms with Crippen molar-refractivity contribution in [2.75, 3.05) is 0 Å². The molecule has 0 spiro atoms. The molecule has 1 heterocycles. The highest BCUT2D eigenvalue weighted by Crippen LogP contribution is 2.27. The van der Waals surface area contributed by atoms with Gasteiger partial charge in [0.15, 0.2) is 6.10 Å². The van der Waals surface area contributed by atoms with Crippen LogP contribution in [0.15, 0.2) is 5.38 Å². The molecule has 1 unspecified atom stereocenters. The first-order valence-electron chi connectivity index (χ1n) is 4.25. The second kappa shape index (κ2) is 3.67. The van der Waals surface area contributed by atoms with Gasteiger partial charge in [-0.3, -0.25) is 4.79 Å². The Morgan fingerprint density at radius 1 is 1.64 bits per heavy atom. The molecule has 1 aromatic heterocycles. The van der Waals surface area contributed by atoms with Crippen molar-refractivity contribution in [1.82, 2.24) is 4.98 Å². The van der Waals surface area contributed by atoms with Gasteiger partial charge >= 0.3 is 0 Å². The molecular weight excluding hydrogens is 200 g/mol. The second-order valence-electron chi connectivity index (χ2n) is 4.13. The number of hydrogen-bond donors (Lipinski definition) is 2. The van der Waals surface area contributed by atoms with E-state index in [1.54, 1.807) is 5.38 Å². The van der Waals surface area contributed by atoms with Gasteiger partial charge in [-0.05, 0) is 0 Å². The van der Waals surface area contributed by atoms with Crippen LogP contribution in [0.4, 0.5) is 0 Å². The van der Waals surface area contributed by atoms with Crippen molar-refractivity contribution in [3.05, 3.63) is 16.1 Å². The quantitative estimate of drug-likeness (QED) is 0.769. The van der Waals surface area contributed by atoms with Crippen LogP contribution in [-0.2, 0) is 10.2 Å². The summed E-state index contributed by atoms with van der Waals surface area (Å²) < 4.78 is 0. The van der Waals surface area contributed by atoms with Gasteiger partial charge in [0.05, 0.1) is 10.7 Å². The molecule has 0 aliphatic carbocycles. The lowest BCUT2D eigenvalue weighted by Crippen LogP contribution is -2.21. The van der Waals surface area contributed by atoms with Crippen LogP contribution in [0.3, 0.4) is 0 Å². The first kappa shape index (κ1) is 11.1. The maximum Gasteiger partial charge on any atom is 0.252 e. The number of thiazole rings is 1. The van der Waals surface area contributed by atoms with Crippen molar-refractivity contribution in [2.24, 2.45) is 5.73 Å². The van der Waals surface area contributed by atoms with E-state index in [1.165, 1.54) is 11.3 Å². The molecular formula is C9H14N2O2S. The Balaban J connectivity index is 2.94. The predicted molar refractivity (Wildman–Crippen MR) is 55.0 cm³/mol. The molecule has 0 aliphatic rings. The molecule has 0 radical (unpaired) electrons. The molecule has 4 nitrogen and oxygen atoms in total. The zero-order chi connectivity index (χ0) is 10.9. The molecule has 0 saturated carbocycles. The highest BCUT2D eigenvalue weighted by Gasteiger charge is 2.22. The lowest BCUT2D eigenvalue weighted by atomic mass is 9.98. The largest absolute Gasteiger partial charge is 0.377 e. The highest BCUT2D eigenvalue weighted by molar-refractivity contribution is 7.09. The number of carbonyl (C=O) groups is 1. The molecule has 1 atom stereocenters. The van der Waals surface area contributed by atoms with Gasteiger partial charge in [-0.2, -0.15) is 0 Å². The average Bonchev–Trinajstić information content (AvgIpc) is 2.49. The Kier molecular flexibility index (Phi) is 2.92. The highest BCUT2D eigenvalue weighted by atomic mass is 32.1. The fourth-order valence-electron chi connectivity index (χ4n) is 0.902. The van der Waals surface area contributed by atoms with Crippen LogP contribution < -0.4 is 5.73 Å². The molecule has 0 bridgehead atoms. The van der Waals surface area contributed by atoms with Crippen molar-refractivity contribution >= 4 is 17.2 Å². The summed E-state index contributed by atoms with van der Waals surface area (Å²) in [6, 6.07) is 0. The van der Waals surface area contributed by atoms with Crippen molar-refractivity contribution in [1.29, 1.82) is 0 Å². The van der Waals surface area contributed by atoms with E-state index in [0.29, 0.717) is 5.69 Å². The molecule has 1 rings (SSSR count). The van der Waals surface area contributed by atoms with Crippen LogP contribution in [0.25, 0.3) is 0 Å². The van der Waals surface area contributed by atoms with Gasteiger partial charge in [-0.15, -0.1) is 11.3 Å². The molecule has 0 aromatic carbocycles. The number of hydrogen-bond acceptors (Lipinski definition) is 4. The molecule has 3 N–H and O–H groups in total. The minimum absolute atomic E-state index is 0.0692. The number of aliphatic hydroxyl groups is 1. The number of aromatic nitrogens is 1. The number of nitrogens with two attached hydrogens (primary N) is 1. The van der Waals surface area contributed by atoms with E-state index in [2.05, 4.69) is 4.98 Å². The third-order valence-corrected chi connectivity index (χ3v) is 3.00. The fourth-order valence-corrected chi connectivity index (χ4v) is 1.83. The Labute approximate surface area is 86.8 Å². The second-order valence-corrected chi connectivity index (χ2v) is 4.99. The normalized spacial score (nSPS) is 14.0. The minimum Gasteiger partial charge on any atom is -0.377 e. The van der Waals surface area contributed by atoms with E-state index in [0.717, 1.165) is 5.01 Å². The maximum atomic E-state index is 10.7. The standard InChI is InChI=1S/C9H14N2O2S/c1-9(2,3)8-11-5(4-14-8)6(12)7(10)13/h4,6,12H,1-3H3,(H2,10,13). The van der Waals surface area contributed by atoms with Gasteiger partial charge in [0.2, 0.25) is 0 Å². The fraction of sp³-hybridized carbons (Fsp3) is 0.556. The van der Waals surface area contributed by atoms with Crippen LogP contribution in [0.1, 0.15) is 37.6 Å². The molecule has 78 valence electrons. The van der Waals surface area contributed by atoms with Crippen molar-refractivity contribution in [2.45, 2.75) is 32.3 Å². The van der Waals surface area contributed by atoms with E-state index in [-0.39, 0.29) is 5.41 Å². The third kappa shape index (κ3) is 2.30. The third-order valence-electron chi connectivity index (χ3n) is 1.71. The van der Waals surface area contributed by atoms with Crippen molar-refractivity contribution in [3.63, 3.8) is 0 Å². The lowest BCUT2D eigenvalue weighted by Gasteiger charge is -2.13. The SMILES string of the molecule is CC(C)(C)c1nc(C(O)C(N)=O)cs1. The summed E-state index contributed by atoms with van der Waals surface area (Å²) >= 11 is 1.42. The van der Waals surface area contributed by atoms with Gasteiger partial charge < -0.3 is 10.8 Å². The Morgan fingerprint density at radius 3 is 2.57 bits per heavy atom. The summed E-state index contributed by atoms with van der Waals surface area (Å²) in [5.74, 6) is -0.768. The first-order chi connectivity index (χ1) is 6.32. The average molecular weight is 214 g/mol. The summed E-state index contributed by atoms with van der Waals surface area (Å²) in [5, 5.41) is 11.9. The van der Waals surface area contributed by atoms with E-state index in [9.17, 15) is 9.90 Å². The smallest absolute Gasteiger partial charge is 0.252 e. The van der Waals surface area contributed by atoms with Crippen LogP contribution in [0, 0.1) is 0 Å². The molecule has 0 saturated heterocycles. The summed E-state index contributed by atoms with van der Waals surface area (Å²) in [6.45, 7) is 6.06. The molecule has 1 aromatic rings. The summed E-state index contributed by atoms with van der Waals surface area (Å²) in [4.78, 5) is 14.9. The Morgan fingerprint density at radius 2 is 2.21 bits per heavy atom. The summed E-state index contributed by atoms with van der Waals surface area (Å²) in [5.41, 5.74) is 5.23. The molecule has 1 amide bonds.